The Morgan fingerprint density at radius 2 is 2.12 bits per heavy atom. The molecule has 0 fully saturated rings. The molecule has 0 radical (unpaired) electrons. The minimum absolute atomic E-state index is 0.222. The number of aromatic nitrogens is 2. The van der Waals surface area contributed by atoms with Crippen molar-refractivity contribution in [1.29, 1.82) is 0 Å². The summed E-state index contributed by atoms with van der Waals surface area (Å²) in [4.78, 5) is 17.3. The van der Waals surface area contributed by atoms with E-state index in [9.17, 15) is 9.90 Å². The maximum atomic E-state index is 11.1. The number of hydrogen-bond acceptors (Lipinski definition) is 4. The molecule has 82 valence electrons. The third kappa shape index (κ3) is 2.20. The smallest absolute Gasteiger partial charge is 0.256 e. The lowest BCUT2D eigenvalue weighted by Crippen LogP contribution is -2.09. The minimum Gasteiger partial charge on any atom is -0.493 e. The molecule has 1 aromatic carbocycles. The van der Waals surface area contributed by atoms with Gasteiger partial charge in [0.2, 0.25) is 11.8 Å². The van der Waals surface area contributed by atoms with Crippen LogP contribution in [0.3, 0.4) is 0 Å². The SMILES string of the molecule is Cc1ccccc1Nc1nc(O)cc(=O)[nH]1. The molecule has 2 rings (SSSR count). The molecule has 0 spiro atoms. The number of hydrogen-bond donors (Lipinski definition) is 3. The summed E-state index contributed by atoms with van der Waals surface area (Å²) in [6, 6.07) is 8.60. The molecule has 5 heteroatoms. The van der Waals surface area contributed by atoms with Gasteiger partial charge in [0.1, 0.15) is 0 Å². The van der Waals surface area contributed by atoms with Crippen molar-refractivity contribution in [2.24, 2.45) is 0 Å². The van der Waals surface area contributed by atoms with Crippen molar-refractivity contribution in [3.05, 3.63) is 46.2 Å². The second kappa shape index (κ2) is 4.06. The van der Waals surface area contributed by atoms with Crippen LogP contribution in [0.5, 0.6) is 5.88 Å². The summed E-state index contributed by atoms with van der Waals surface area (Å²) in [6.45, 7) is 1.93. The number of para-hydroxylation sites is 1. The van der Waals surface area contributed by atoms with Crippen molar-refractivity contribution in [3.8, 4) is 5.88 Å². The summed E-state index contributed by atoms with van der Waals surface area (Å²) in [7, 11) is 0. The van der Waals surface area contributed by atoms with Crippen LogP contribution < -0.4 is 10.9 Å². The average molecular weight is 217 g/mol. The standard InChI is InChI=1S/C11H11N3O2/c1-7-4-2-3-5-8(7)12-11-13-9(15)6-10(16)14-11/h2-6H,1H3,(H3,12,13,14,15,16). The first-order valence-electron chi connectivity index (χ1n) is 4.78. The molecular formula is C11H11N3O2. The van der Waals surface area contributed by atoms with Gasteiger partial charge < -0.3 is 10.4 Å². The van der Waals surface area contributed by atoms with Crippen LogP contribution in [0.25, 0.3) is 0 Å². The molecule has 0 unspecified atom stereocenters. The van der Waals surface area contributed by atoms with Gasteiger partial charge in [-0.15, -0.1) is 0 Å². The second-order valence-electron chi connectivity index (χ2n) is 3.39. The summed E-state index contributed by atoms with van der Waals surface area (Å²) in [5.74, 6) is -0.0841. The molecule has 0 aliphatic heterocycles. The van der Waals surface area contributed by atoms with Gasteiger partial charge >= 0.3 is 0 Å². The monoisotopic (exact) mass is 217 g/mol. The molecule has 1 heterocycles. The topological polar surface area (TPSA) is 78.0 Å². The van der Waals surface area contributed by atoms with Crippen molar-refractivity contribution >= 4 is 11.6 Å². The molecule has 5 nitrogen and oxygen atoms in total. The first-order chi connectivity index (χ1) is 7.65. The van der Waals surface area contributed by atoms with E-state index in [4.69, 9.17) is 0 Å². The highest BCUT2D eigenvalue weighted by Gasteiger charge is 2.01. The predicted octanol–water partition coefficient (Wildman–Crippen LogP) is 1.53. The van der Waals surface area contributed by atoms with Crippen LogP contribution in [0, 0.1) is 6.92 Å². The zero-order valence-electron chi connectivity index (χ0n) is 8.69. The number of aryl methyl sites for hydroxylation is 1. The molecule has 0 amide bonds. The van der Waals surface area contributed by atoms with Gasteiger partial charge in [-0.1, -0.05) is 18.2 Å². The Kier molecular flexibility index (Phi) is 2.59. The number of rotatable bonds is 2. The number of anilines is 2. The molecule has 3 N–H and O–H groups in total. The maximum Gasteiger partial charge on any atom is 0.256 e. The van der Waals surface area contributed by atoms with E-state index in [0.29, 0.717) is 0 Å². The second-order valence-corrected chi connectivity index (χ2v) is 3.39. The lowest BCUT2D eigenvalue weighted by Gasteiger charge is -2.07. The van der Waals surface area contributed by atoms with Gasteiger partial charge in [-0.2, -0.15) is 4.98 Å². The Hall–Kier alpha value is -2.30. The van der Waals surface area contributed by atoms with E-state index in [1.165, 1.54) is 0 Å². The quantitative estimate of drug-likeness (QED) is 0.712. The van der Waals surface area contributed by atoms with Gasteiger partial charge in [0.05, 0.1) is 6.07 Å². The third-order valence-corrected chi connectivity index (χ3v) is 2.13. The molecular weight excluding hydrogens is 206 g/mol. The number of aromatic amines is 1. The molecule has 0 atom stereocenters. The van der Waals surface area contributed by atoms with Crippen LogP contribution in [0.1, 0.15) is 5.56 Å². The van der Waals surface area contributed by atoms with Crippen LogP contribution >= 0.6 is 0 Å². The zero-order chi connectivity index (χ0) is 11.5. The predicted molar refractivity (Wildman–Crippen MR) is 61.0 cm³/mol. The Morgan fingerprint density at radius 1 is 1.38 bits per heavy atom. The first kappa shape index (κ1) is 10.2. The van der Waals surface area contributed by atoms with Crippen LogP contribution in [0.4, 0.5) is 11.6 Å². The summed E-state index contributed by atoms with van der Waals surface area (Å²) in [5, 5.41) is 12.1. The maximum absolute atomic E-state index is 11.1. The number of benzene rings is 1. The van der Waals surface area contributed by atoms with Crippen molar-refractivity contribution in [1.82, 2.24) is 9.97 Å². The van der Waals surface area contributed by atoms with E-state index in [-0.39, 0.29) is 11.8 Å². The molecule has 1 aromatic heterocycles. The molecule has 2 aromatic rings. The lowest BCUT2D eigenvalue weighted by molar-refractivity contribution is 0.452. The van der Waals surface area contributed by atoms with E-state index in [1.54, 1.807) is 0 Å². The Bertz CT molecular complexity index is 563. The van der Waals surface area contributed by atoms with Crippen LogP contribution in [0.15, 0.2) is 35.1 Å². The van der Waals surface area contributed by atoms with Gasteiger partial charge in [0.15, 0.2) is 0 Å². The fourth-order valence-corrected chi connectivity index (χ4v) is 1.34. The highest BCUT2D eigenvalue weighted by Crippen LogP contribution is 2.17. The van der Waals surface area contributed by atoms with Crippen LogP contribution in [-0.2, 0) is 0 Å². The fraction of sp³-hybridized carbons (Fsp3) is 0.0909. The van der Waals surface area contributed by atoms with E-state index in [1.807, 2.05) is 31.2 Å². The fourth-order valence-electron chi connectivity index (χ4n) is 1.34. The average Bonchev–Trinajstić information content (AvgIpc) is 2.20. The van der Waals surface area contributed by atoms with E-state index in [2.05, 4.69) is 15.3 Å². The van der Waals surface area contributed by atoms with Crippen LogP contribution in [-0.4, -0.2) is 15.1 Å². The molecule has 0 aliphatic carbocycles. The van der Waals surface area contributed by atoms with Crippen LogP contribution in [0.2, 0.25) is 0 Å². The van der Waals surface area contributed by atoms with Crippen molar-refractivity contribution in [2.45, 2.75) is 6.92 Å². The van der Waals surface area contributed by atoms with Gasteiger partial charge in [-0.25, -0.2) is 0 Å². The number of aromatic hydroxyl groups is 1. The van der Waals surface area contributed by atoms with Crippen molar-refractivity contribution < 1.29 is 5.11 Å². The minimum atomic E-state index is -0.399. The molecule has 0 aliphatic rings. The third-order valence-electron chi connectivity index (χ3n) is 2.13. The van der Waals surface area contributed by atoms with Gasteiger partial charge in [-0.3, -0.25) is 9.78 Å². The normalized spacial score (nSPS) is 10.1. The van der Waals surface area contributed by atoms with Crippen molar-refractivity contribution in [2.75, 3.05) is 5.32 Å². The number of nitrogens with zero attached hydrogens (tertiary/aromatic N) is 1. The van der Waals surface area contributed by atoms with Crippen molar-refractivity contribution in [3.63, 3.8) is 0 Å². The molecule has 16 heavy (non-hydrogen) atoms. The number of H-pyrrole nitrogens is 1. The summed E-state index contributed by atoms with van der Waals surface area (Å²) >= 11 is 0. The summed E-state index contributed by atoms with van der Waals surface area (Å²) in [6.07, 6.45) is 0. The first-order valence-corrected chi connectivity index (χ1v) is 4.78. The largest absolute Gasteiger partial charge is 0.493 e. The highest BCUT2D eigenvalue weighted by molar-refractivity contribution is 5.57. The summed E-state index contributed by atoms with van der Waals surface area (Å²) in [5.41, 5.74) is 1.45. The molecule has 0 saturated carbocycles. The van der Waals surface area contributed by atoms with Gasteiger partial charge in [0, 0.05) is 5.69 Å². The van der Waals surface area contributed by atoms with E-state index in [0.717, 1.165) is 17.3 Å². The molecule has 0 saturated heterocycles. The Balaban J connectivity index is 2.34. The molecule has 0 bridgehead atoms. The van der Waals surface area contributed by atoms with E-state index >= 15 is 0 Å². The van der Waals surface area contributed by atoms with Gasteiger partial charge in [-0.05, 0) is 18.6 Å². The zero-order valence-corrected chi connectivity index (χ0v) is 8.69. The lowest BCUT2D eigenvalue weighted by atomic mass is 10.2. The number of nitrogens with one attached hydrogen (secondary N) is 2. The Labute approximate surface area is 91.8 Å². The summed E-state index contributed by atoms with van der Waals surface area (Å²) < 4.78 is 0. The highest BCUT2D eigenvalue weighted by atomic mass is 16.3. The Morgan fingerprint density at radius 3 is 2.81 bits per heavy atom. The van der Waals surface area contributed by atoms with E-state index < -0.39 is 5.56 Å². The van der Waals surface area contributed by atoms with Gasteiger partial charge in [0.25, 0.3) is 5.56 Å².